The minimum absolute atomic E-state index is 0.166. The molecule has 1 aromatic rings. The molecule has 4 nitrogen and oxygen atoms in total. The maximum Gasteiger partial charge on any atom is 0.0625 e. The number of nitrogens with zero attached hydrogens (tertiary/aromatic N) is 3. The molecule has 20 heavy (non-hydrogen) atoms. The van der Waals surface area contributed by atoms with Gasteiger partial charge < -0.3 is 5.73 Å². The van der Waals surface area contributed by atoms with Crippen molar-refractivity contribution in [1.82, 2.24) is 14.7 Å². The maximum absolute atomic E-state index is 5.88. The first-order valence-electron chi connectivity index (χ1n) is 7.93. The lowest BCUT2D eigenvalue weighted by molar-refractivity contribution is 0.172. The van der Waals surface area contributed by atoms with E-state index in [4.69, 9.17) is 5.73 Å². The van der Waals surface area contributed by atoms with Crippen LogP contribution in [-0.4, -0.2) is 34.3 Å². The zero-order valence-corrected chi connectivity index (χ0v) is 13.9. The van der Waals surface area contributed by atoms with Crippen molar-refractivity contribution in [1.29, 1.82) is 0 Å². The smallest absolute Gasteiger partial charge is 0.0625 e. The lowest BCUT2D eigenvalue weighted by Gasteiger charge is -2.31. The van der Waals surface area contributed by atoms with E-state index in [1.165, 1.54) is 17.8 Å². The largest absolute Gasteiger partial charge is 0.330 e. The molecule has 0 bridgehead atoms. The van der Waals surface area contributed by atoms with Gasteiger partial charge in [-0.05, 0) is 44.3 Å². The van der Waals surface area contributed by atoms with Crippen molar-refractivity contribution >= 4 is 0 Å². The van der Waals surface area contributed by atoms with Crippen molar-refractivity contribution in [3.8, 4) is 0 Å². The van der Waals surface area contributed by atoms with E-state index in [2.05, 4.69) is 55.4 Å². The predicted octanol–water partition coefficient (Wildman–Crippen LogP) is 2.66. The third-order valence-corrected chi connectivity index (χ3v) is 3.71. The maximum atomic E-state index is 5.88. The molecule has 1 aromatic heterocycles. The molecule has 0 spiro atoms. The monoisotopic (exact) mass is 280 g/mol. The summed E-state index contributed by atoms with van der Waals surface area (Å²) in [6.45, 7) is 15.8. The van der Waals surface area contributed by atoms with Gasteiger partial charge in [-0.2, -0.15) is 5.10 Å². The van der Waals surface area contributed by atoms with Crippen molar-refractivity contribution in [2.24, 2.45) is 11.1 Å². The topological polar surface area (TPSA) is 47.1 Å². The summed E-state index contributed by atoms with van der Waals surface area (Å²) in [4.78, 5) is 2.51. The highest BCUT2D eigenvalue weighted by molar-refractivity contribution is 5.10. The second-order valence-corrected chi connectivity index (χ2v) is 6.38. The van der Waals surface area contributed by atoms with Gasteiger partial charge in [0.1, 0.15) is 0 Å². The summed E-state index contributed by atoms with van der Waals surface area (Å²) in [5, 5.41) is 4.64. The molecule has 0 unspecified atom stereocenters. The first-order chi connectivity index (χ1) is 9.45. The zero-order chi connectivity index (χ0) is 15.2. The SMILES string of the molecule is CCCN(Cc1cc(CC)nn1CC)CC(C)(C)CN. The first kappa shape index (κ1) is 17.2. The summed E-state index contributed by atoms with van der Waals surface area (Å²) in [6, 6.07) is 2.25. The Morgan fingerprint density at radius 2 is 2.00 bits per heavy atom. The molecule has 116 valence electrons. The van der Waals surface area contributed by atoms with Crippen LogP contribution >= 0.6 is 0 Å². The van der Waals surface area contributed by atoms with E-state index in [1.54, 1.807) is 0 Å². The molecule has 1 rings (SSSR count). The van der Waals surface area contributed by atoms with Gasteiger partial charge in [0, 0.05) is 19.6 Å². The van der Waals surface area contributed by atoms with Gasteiger partial charge in [-0.15, -0.1) is 0 Å². The van der Waals surface area contributed by atoms with Crippen LogP contribution in [0.3, 0.4) is 0 Å². The summed E-state index contributed by atoms with van der Waals surface area (Å²) in [7, 11) is 0. The van der Waals surface area contributed by atoms with Gasteiger partial charge in [0.05, 0.1) is 11.4 Å². The quantitative estimate of drug-likeness (QED) is 0.756. The van der Waals surface area contributed by atoms with E-state index < -0.39 is 0 Å². The van der Waals surface area contributed by atoms with Crippen LogP contribution in [-0.2, 0) is 19.5 Å². The fourth-order valence-corrected chi connectivity index (χ4v) is 2.52. The standard InChI is InChI=1S/C16H32N4/c1-6-9-19(13-16(4,5)12-17)11-15-10-14(7-2)18-20(15)8-3/h10H,6-9,11-13,17H2,1-5H3. The number of hydrogen-bond donors (Lipinski definition) is 1. The average molecular weight is 280 g/mol. The van der Waals surface area contributed by atoms with Gasteiger partial charge in [-0.25, -0.2) is 0 Å². The Labute approximate surface area is 124 Å². The van der Waals surface area contributed by atoms with E-state index in [0.717, 1.165) is 39.1 Å². The summed E-state index contributed by atoms with van der Waals surface area (Å²) in [5.41, 5.74) is 8.56. The van der Waals surface area contributed by atoms with E-state index >= 15 is 0 Å². The molecule has 1 heterocycles. The third-order valence-electron chi connectivity index (χ3n) is 3.71. The van der Waals surface area contributed by atoms with Gasteiger partial charge >= 0.3 is 0 Å². The van der Waals surface area contributed by atoms with Crippen LogP contribution in [0, 0.1) is 5.41 Å². The van der Waals surface area contributed by atoms with Gasteiger partial charge in [0.15, 0.2) is 0 Å². The second kappa shape index (κ2) is 7.79. The summed E-state index contributed by atoms with van der Waals surface area (Å²) in [6.07, 6.45) is 2.17. The van der Waals surface area contributed by atoms with Crippen LogP contribution in [0.15, 0.2) is 6.07 Å². The van der Waals surface area contributed by atoms with Crippen molar-refractivity contribution in [3.05, 3.63) is 17.5 Å². The molecule has 0 radical (unpaired) electrons. The molecule has 0 amide bonds. The van der Waals surface area contributed by atoms with Crippen LogP contribution in [0.4, 0.5) is 0 Å². The van der Waals surface area contributed by atoms with Crippen LogP contribution in [0.2, 0.25) is 0 Å². The number of aromatic nitrogens is 2. The molecular formula is C16H32N4. The van der Waals surface area contributed by atoms with Crippen LogP contribution in [0.25, 0.3) is 0 Å². The van der Waals surface area contributed by atoms with E-state index in [9.17, 15) is 0 Å². The fourth-order valence-electron chi connectivity index (χ4n) is 2.52. The molecule has 0 saturated heterocycles. The molecule has 4 heteroatoms. The summed E-state index contributed by atoms with van der Waals surface area (Å²) < 4.78 is 2.14. The number of rotatable bonds is 9. The number of hydrogen-bond acceptors (Lipinski definition) is 3. The molecule has 2 N–H and O–H groups in total. The Balaban J connectivity index is 2.81. The molecule has 0 atom stereocenters. The minimum atomic E-state index is 0.166. The Kier molecular flexibility index (Phi) is 6.69. The zero-order valence-electron chi connectivity index (χ0n) is 13.9. The van der Waals surface area contributed by atoms with Crippen molar-refractivity contribution in [2.75, 3.05) is 19.6 Å². The highest BCUT2D eigenvalue weighted by Gasteiger charge is 2.21. The van der Waals surface area contributed by atoms with Crippen LogP contribution in [0.1, 0.15) is 52.4 Å². The van der Waals surface area contributed by atoms with E-state index in [1.807, 2.05) is 0 Å². The number of nitrogens with two attached hydrogens (primary N) is 1. The average Bonchev–Trinajstić information content (AvgIpc) is 2.81. The predicted molar refractivity (Wildman–Crippen MR) is 85.7 cm³/mol. The Hall–Kier alpha value is -0.870. The summed E-state index contributed by atoms with van der Waals surface area (Å²) >= 11 is 0. The molecule has 0 aliphatic heterocycles. The molecule has 0 aliphatic carbocycles. The highest BCUT2D eigenvalue weighted by Crippen LogP contribution is 2.18. The Morgan fingerprint density at radius 3 is 2.50 bits per heavy atom. The lowest BCUT2D eigenvalue weighted by Crippen LogP contribution is -2.39. The summed E-state index contributed by atoms with van der Waals surface area (Å²) in [5.74, 6) is 0. The van der Waals surface area contributed by atoms with Crippen molar-refractivity contribution in [3.63, 3.8) is 0 Å². The molecular weight excluding hydrogens is 248 g/mol. The Bertz CT molecular complexity index is 395. The molecule has 0 saturated carbocycles. The molecule has 0 aromatic carbocycles. The number of aryl methyl sites for hydroxylation is 2. The van der Waals surface area contributed by atoms with Gasteiger partial charge in [-0.1, -0.05) is 27.7 Å². The fraction of sp³-hybridized carbons (Fsp3) is 0.812. The van der Waals surface area contributed by atoms with Gasteiger partial charge in [-0.3, -0.25) is 9.58 Å². The minimum Gasteiger partial charge on any atom is -0.330 e. The molecule has 0 fully saturated rings. The van der Waals surface area contributed by atoms with E-state index in [-0.39, 0.29) is 5.41 Å². The van der Waals surface area contributed by atoms with Crippen molar-refractivity contribution < 1.29 is 0 Å². The first-order valence-corrected chi connectivity index (χ1v) is 7.93. The van der Waals surface area contributed by atoms with Crippen LogP contribution in [0.5, 0.6) is 0 Å². The van der Waals surface area contributed by atoms with Crippen LogP contribution < -0.4 is 5.73 Å². The van der Waals surface area contributed by atoms with E-state index in [0.29, 0.717) is 0 Å². The lowest BCUT2D eigenvalue weighted by atomic mass is 9.93. The second-order valence-electron chi connectivity index (χ2n) is 6.38. The molecule has 0 aliphatic rings. The highest BCUT2D eigenvalue weighted by atomic mass is 15.3. The Morgan fingerprint density at radius 1 is 1.30 bits per heavy atom. The normalized spacial score (nSPS) is 12.3. The van der Waals surface area contributed by atoms with Gasteiger partial charge in [0.25, 0.3) is 0 Å². The van der Waals surface area contributed by atoms with Gasteiger partial charge in [0.2, 0.25) is 0 Å². The van der Waals surface area contributed by atoms with Crippen molar-refractivity contribution in [2.45, 2.75) is 60.5 Å². The third kappa shape index (κ3) is 4.91.